The maximum atomic E-state index is 12.1. The Bertz CT molecular complexity index is 476. The van der Waals surface area contributed by atoms with Gasteiger partial charge in [-0.3, -0.25) is 14.7 Å². The summed E-state index contributed by atoms with van der Waals surface area (Å²) in [5.74, 6) is 1.56. The molecule has 2 fully saturated rings. The molecule has 0 radical (unpaired) electrons. The van der Waals surface area contributed by atoms with Gasteiger partial charge in [-0.1, -0.05) is 6.07 Å². The highest BCUT2D eigenvalue weighted by atomic mass is 16.2. The van der Waals surface area contributed by atoms with Gasteiger partial charge in [-0.15, -0.1) is 0 Å². The van der Waals surface area contributed by atoms with E-state index in [-0.39, 0.29) is 5.91 Å². The molecule has 3 rings (SSSR count). The van der Waals surface area contributed by atoms with Gasteiger partial charge in [-0.25, -0.2) is 0 Å². The number of hydrogen-bond donors (Lipinski definition) is 0. The Morgan fingerprint density at radius 2 is 2.00 bits per heavy atom. The van der Waals surface area contributed by atoms with Gasteiger partial charge in [0.15, 0.2) is 0 Å². The predicted molar refractivity (Wildman–Crippen MR) is 81.6 cm³/mol. The van der Waals surface area contributed by atoms with Crippen LogP contribution in [-0.4, -0.2) is 72.4 Å². The van der Waals surface area contributed by atoms with Crippen molar-refractivity contribution < 1.29 is 4.79 Å². The van der Waals surface area contributed by atoms with Crippen LogP contribution in [0.5, 0.6) is 0 Å². The maximum Gasteiger partial charge on any atom is 0.236 e. The minimum Gasteiger partial charge on any atom is -0.341 e. The van der Waals surface area contributed by atoms with Gasteiger partial charge in [0, 0.05) is 45.1 Å². The van der Waals surface area contributed by atoms with Crippen LogP contribution in [0.25, 0.3) is 0 Å². The number of fused-ring (bicyclic) bond motifs is 1. The first-order valence-corrected chi connectivity index (χ1v) is 7.65. The lowest BCUT2D eigenvalue weighted by Crippen LogP contribution is -2.38. The van der Waals surface area contributed by atoms with Crippen molar-refractivity contribution in [3.8, 4) is 0 Å². The maximum absolute atomic E-state index is 12.1. The van der Waals surface area contributed by atoms with Gasteiger partial charge in [0.2, 0.25) is 5.91 Å². The number of carbonyl (C=O) groups excluding carboxylic acids is 1. The fraction of sp³-hybridized carbons (Fsp3) is 0.625. The Balaban J connectivity index is 1.51. The lowest BCUT2D eigenvalue weighted by molar-refractivity contribution is -0.131. The number of carbonyl (C=O) groups is 1. The molecule has 1 amide bonds. The summed E-state index contributed by atoms with van der Waals surface area (Å²) in [6, 6.07) is 4.13. The van der Waals surface area contributed by atoms with Crippen molar-refractivity contribution in [1.82, 2.24) is 19.7 Å². The molecule has 2 aliphatic heterocycles. The van der Waals surface area contributed by atoms with Gasteiger partial charge in [-0.2, -0.15) is 0 Å². The molecule has 1 aromatic rings. The average Bonchev–Trinajstić information content (AvgIpc) is 2.97. The highest BCUT2D eigenvalue weighted by Gasteiger charge is 2.41. The molecule has 0 N–H and O–H groups in total. The highest BCUT2D eigenvalue weighted by molar-refractivity contribution is 5.78. The first kappa shape index (κ1) is 14.5. The monoisotopic (exact) mass is 288 g/mol. The SMILES string of the molecule is CN(C)CC(=O)N1C[C@H]2CN(Cc3cccnc3)C[C@H]2C1. The summed E-state index contributed by atoms with van der Waals surface area (Å²) < 4.78 is 0. The lowest BCUT2D eigenvalue weighted by Gasteiger charge is -2.22. The first-order valence-electron chi connectivity index (χ1n) is 7.65. The van der Waals surface area contributed by atoms with Crippen LogP contribution in [0.4, 0.5) is 0 Å². The highest BCUT2D eigenvalue weighted by Crippen LogP contribution is 2.31. The Hall–Kier alpha value is -1.46. The molecule has 2 atom stereocenters. The normalized spacial score (nSPS) is 25.6. The molecule has 0 aliphatic carbocycles. The smallest absolute Gasteiger partial charge is 0.236 e. The van der Waals surface area contributed by atoms with Crippen LogP contribution in [0, 0.1) is 11.8 Å². The quantitative estimate of drug-likeness (QED) is 0.810. The van der Waals surface area contributed by atoms with E-state index < -0.39 is 0 Å². The van der Waals surface area contributed by atoms with E-state index in [1.54, 1.807) is 0 Å². The standard InChI is InChI=1S/C16H24N4O/c1-18(2)12-16(21)20-10-14-8-19(9-15(14)11-20)7-13-4-3-5-17-6-13/h3-6,14-15H,7-12H2,1-2H3/t14-,15+. The topological polar surface area (TPSA) is 39.7 Å². The number of likely N-dealkylation sites (N-methyl/N-ethyl adjacent to an activating group) is 1. The Morgan fingerprint density at radius 1 is 1.29 bits per heavy atom. The van der Waals surface area contributed by atoms with Crippen LogP contribution in [0.2, 0.25) is 0 Å². The second-order valence-electron chi connectivity index (χ2n) is 6.61. The second kappa shape index (κ2) is 6.12. The molecular weight excluding hydrogens is 264 g/mol. The number of likely N-dealkylation sites (tertiary alicyclic amines) is 2. The molecule has 1 aromatic heterocycles. The zero-order valence-electron chi connectivity index (χ0n) is 12.9. The van der Waals surface area contributed by atoms with Gasteiger partial charge in [0.05, 0.1) is 6.54 Å². The van der Waals surface area contributed by atoms with Crippen molar-refractivity contribution in [3.05, 3.63) is 30.1 Å². The fourth-order valence-electron chi connectivity index (χ4n) is 3.54. The Morgan fingerprint density at radius 3 is 2.57 bits per heavy atom. The van der Waals surface area contributed by atoms with Crippen LogP contribution in [0.1, 0.15) is 5.56 Å². The largest absolute Gasteiger partial charge is 0.341 e. The molecule has 5 heteroatoms. The van der Waals surface area contributed by atoms with Crippen LogP contribution in [-0.2, 0) is 11.3 Å². The zero-order chi connectivity index (χ0) is 14.8. The van der Waals surface area contributed by atoms with E-state index in [1.165, 1.54) is 5.56 Å². The third kappa shape index (κ3) is 3.41. The number of rotatable bonds is 4. The number of aromatic nitrogens is 1. The summed E-state index contributed by atoms with van der Waals surface area (Å²) >= 11 is 0. The van der Waals surface area contributed by atoms with E-state index >= 15 is 0 Å². The number of pyridine rings is 1. The molecule has 0 spiro atoms. The van der Waals surface area contributed by atoms with Crippen LogP contribution in [0.15, 0.2) is 24.5 Å². The molecule has 0 unspecified atom stereocenters. The Labute approximate surface area is 126 Å². The summed E-state index contributed by atoms with van der Waals surface area (Å²) in [6.45, 7) is 5.57. The zero-order valence-corrected chi connectivity index (χ0v) is 12.9. The van der Waals surface area contributed by atoms with Crippen molar-refractivity contribution in [2.75, 3.05) is 46.8 Å². The molecule has 5 nitrogen and oxygen atoms in total. The summed E-state index contributed by atoms with van der Waals surface area (Å²) in [5.41, 5.74) is 1.28. The molecule has 0 aromatic carbocycles. The second-order valence-corrected chi connectivity index (χ2v) is 6.61. The average molecular weight is 288 g/mol. The summed E-state index contributed by atoms with van der Waals surface area (Å²) in [6.07, 6.45) is 3.76. The van der Waals surface area contributed by atoms with E-state index in [9.17, 15) is 4.79 Å². The number of hydrogen-bond acceptors (Lipinski definition) is 4. The third-order valence-electron chi connectivity index (χ3n) is 4.50. The van der Waals surface area contributed by atoms with Crippen molar-refractivity contribution in [2.24, 2.45) is 11.8 Å². The third-order valence-corrected chi connectivity index (χ3v) is 4.50. The van der Waals surface area contributed by atoms with Gasteiger partial charge in [0.25, 0.3) is 0 Å². The predicted octanol–water partition coefficient (Wildman–Crippen LogP) is 0.533. The van der Waals surface area contributed by atoms with E-state index in [0.29, 0.717) is 18.4 Å². The first-order chi connectivity index (χ1) is 10.1. The molecule has 114 valence electrons. The van der Waals surface area contributed by atoms with Crippen molar-refractivity contribution in [2.45, 2.75) is 6.54 Å². The molecule has 2 aliphatic rings. The lowest BCUT2D eigenvalue weighted by atomic mass is 10.0. The summed E-state index contributed by atoms with van der Waals surface area (Å²) in [7, 11) is 3.90. The summed E-state index contributed by atoms with van der Waals surface area (Å²) in [4.78, 5) is 22.8. The van der Waals surface area contributed by atoms with E-state index in [2.05, 4.69) is 20.9 Å². The van der Waals surface area contributed by atoms with E-state index in [4.69, 9.17) is 0 Å². The number of nitrogens with zero attached hydrogens (tertiary/aromatic N) is 4. The van der Waals surface area contributed by atoms with Crippen LogP contribution >= 0.6 is 0 Å². The van der Waals surface area contributed by atoms with Crippen LogP contribution < -0.4 is 0 Å². The molecule has 2 saturated heterocycles. The van der Waals surface area contributed by atoms with Crippen molar-refractivity contribution >= 4 is 5.91 Å². The van der Waals surface area contributed by atoms with Crippen LogP contribution in [0.3, 0.4) is 0 Å². The molecule has 3 heterocycles. The molecular formula is C16H24N4O. The van der Waals surface area contributed by atoms with Crippen molar-refractivity contribution in [3.63, 3.8) is 0 Å². The molecule has 0 bridgehead atoms. The van der Waals surface area contributed by atoms with Gasteiger partial charge in [-0.05, 0) is 37.6 Å². The molecule has 0 saturated carbocycles. The van der Waals surface area contributed by atoms with E-state index in [0.717, 1.165) is 32.7 Å². The minimum atomic E-state index is 0.271. The number of amides is 1. The minimum absolute atomic E-state index is 0.271. The van der Waals surface area contributed by atoms with Crippen molar-refractivity contribution in [1.29, 1.82) is 0 Å². The van der Waals surface area contributed by atoms with Gasteiger partial charge in [0.1, 0.15) is 0 Å². The Kier molecular flexibility index (Phi) is 4.22. The summed E-state index contributed by atoms with van der Waals surface area (Å²) in [5, 5.41) is 0. The van der Waals surface area contributed by atoms with Gasteiger partial charge < -0.3 is 9.80 Å². The van der Waals surface area contributed by atoms with E-state index in [1.807, 2.05) is 37.5 Å². The van der Waals surface area contributed by atoms with Gasteiger partial charge >= 0.3 is 0 Å². The fourth-order valence-corrected chi connectivity index (χ4v) is 3.54. The molecule has 21 heavy (non-hydrogen) atoms.